The molecule has 2 aromatic heterocycles. The maximum Gasteiger partial charge on any atom is 0.215 e. The highest BCUT2D eigenvalue weighted by atomic mass is 16.5. The molecular weight excluding hydrogens is 220 g/mol. The second kappa shape index (κ2) is 5.60. The number of aromatic amines is 1. The topological polar surface area (TPSA) is 86.0 Å². The monoisotopic (exact) mass is 236 g/mol. The minimum absolute atomic E-state index is 0.414. The molecule has 0 aliphatic carbocycles. The first kappa shape index (κ1) is 11.8. The van der Waals surface area contributed by atoms with E-state index in [0.29, 0.717) is 37.9 Å². The van der Waals surface area contributed by atoms with Crippen LogP contribution in [-0.2, 0) is 11.3 Å². The van der Waals surface area contributed by atoms with E-state index in [1.54, 1.807) is 0 Å². The summed E-state index contributed by atoms with van der Waals surface area (Å²) in [5, 5.41) is 0. The molecule has 0 spiro atoms. The minimum Gasteiger partial charge on any atom is -0.478 e. The Morgan fingerprint density at radius 2 is 2.24 bits per heavy atom. The van der Waals surface area contributed by atoms with Crippen LogP contribution in [0.3, 0.4) is 0 Å². The molecule has 2 rings (SSSR count). The van der Waals surface area contributed by atoms with Crippen molar-refractivity contribution in [1.82, 2.24) is 15.0 Å². The first-order valence-corrected chi connectivity index (χ1v) is 5.59. The van der Waals surface area contributed by atoms with Crippen LogP contribution in [0.2, 0.25) is 0 Å². The van der Waals surface area contributed by atoms with Gasteiger partial charge in [-0.05, 0) is 13.0 Å². The van der Waals surface area contributed by atoms with Crippen LogP contribution in [0, 0.1) is 0 Å². The first-order chi connectivity index (χ1) is 8.33. The minimum atomic E-state index is 0.414. The van der Waals surface area contributed by atoms with Crippen LogP contribution >= 0.6 is 0 Å². The average Bonchev–Trinajstić information content (AvgIpc) is 2.72. The van der Waals surface area contributed by atoms with Gasteiger partial charge in [-0.25, -0.2) is 4.98 Å². The van der Waals surface area contributed by atoms with Crippen LogP contribution in [0.25, 0.3) is 11.2 Å². The summed E-state index contributed by atoms with van der Waals surface area (Å²) in [6.07, 6.45) is 0. The molecule has 2 aromatic rings. The van der Waals surface area contributed by atoms with Gasteiger partial charge in [0.15, 0.2) is 5.65 Å². The van der Waals surface area contributed by atoms with Gasteiger partial charge < -0.3 is 20.2 Å². The zero-order valence-electron chi connectivity index (χ0n) is 9.77. The summed E-state index contributed by atoms with van der Waals surface area (Å²) in [5.74, 6) is 1.33. The predicted octanol–water partition coefficient (Wildman–Crippen LogP) is 0.832. The van der Waals surface area contributed by atoms with Crippen molar-refractivity contribution in [3.8, 4) is 5.88 Å². The molecule has 0 aromatic carbocycles. The van der Waals surface area contributed by atoms with Gasteiger partial charge in [-0.3, -0.25) is 0 Å². The lowest BCUT2D eigenvalue weighted by molar-refractivity contribution is 0.123. The first-order valence-electron chi connectivity index (χ1n) is 5.59. The average molecular weight is 236 g/mol. The van der Waals surface area contributed by atoms with Crippen molar-refractivity contribution in [3.63, 3.8) is 0 Å². The fraction of sp³-hybridized carbons (Fsp3) is 0.455. The summed E-state index contributed by atoms with van der Waals surface area (Å²) < 4.78 is 10.6. The Morgan fingerprint density at radius 1 is 1.35 bits per heavy atom. The third kappa shape index (κ3) is 2.92. The molecule has 0 aliphatic rings. The second-order valence-corrected chi connectivity index (χ2v) is 3.48. The van der Waals surface area contributed by atoms with Gasteiger partial charge in [0.2, 0.25) is 5.88 Å². The fourth-order valence-corrected chi connectivity index (χ4v) is 1.47. The summed E-state index contributed by atoms with van der Waals surface area (Å²) in [6.45, 7) is 3.96. The number of aromatic nitrogens is 3. The highest BCUT2D eigenvalue weighted by Gasteiger charge is 2.05. The standard InChI is InChI=1S/C11H16N4O2/c1-2-17-10-4-3-8-11(15-10)14-9(13-8)7-16-6-5-12/h3-4H,2,5-7,12H2,1H3,(H,13,14,15). The lowest BCUT2D eigenvalue weighted by Gasteiger charge is -1.99. The summed E-state index contributed by atoms with van der Waals surface area (Å²) >= 11 is 0. The Bertz CT molecular complexity index is 483. The molecule has 0 amide bonds. The number of imidazole rings is 1. The normalized spacial score (nSPS) is 10.9. The van der Waals surface area contributed by atoms with Crippen molar-refractivity contribution < 1.29 is 9.47 Å². The third-order valence-corrected chi connectivity index (χ3v) is 2.16. The Hall–Kier alpha value is -1.66. The van der Waals surface area contributed by atoms with Crippen molar-refractivity contribution in [2.24, 2.45) is 5.73 Å². The molecule has 0 radical (unpaired) electrons. The van der Waals surface area contributed by atoms with E-state index in [1.165, 1.54) is 0 Å². The van der Waals surface area contributed by atoms with Crippen LogP contribution in [-0.4, -0.2) is 34.7 Å². The largest absolute Gasteiger partial charge is 0.478 e. The molecule has 0 saturated heterocycles. The van der Waals surface area contributed by atoms with Gasteiger partial charge in [-0.2, -0.15) is 4.98 Å². The molecule has 0 unspecified atom stereocenters. The van der Waals surface area contributed by atoms with Crippen molar-refractivity contribution in [1.29, 1.82) is 0 Å². The van der Waals surface area contributed by atoms with Gasteiger partial charge in [0, 0.05) is 12.6 Å². The number of hydrogen-bond acceptors (Lipinski definition) is 5. The Labute approximate surface area is 99.2 Å². The molecule has 0 bridgehead atoms. The van der Waals surface area contributed by atoms with Gasteiger partial charge in [0.25, 0.3) is 0 Å². The van der Waals surface area contributed by atoms with E-state index in [9.17, 15) is 0 Å². The smallest absolute Gasteiger partial charge is 0.215 e. The molecule has 6 heteroatoms. The molecule has 0 fully saturated rings. The number of nitrogens with two attached hydrogens (primary N) is 1. The van der Waals surface area contributed by atoms with Crippen molar-refractivity contribution in [2.75, 3.05) is 19.8 Å². The van der Waals surface area contributed by atoms with Crippen molar-refractivity contribution in [3.05, 3.63) is 18.0 Å². The number of H-pyrrole nitrogens is 1. The van der Waals surface area contributed by atoms with E-state index in [1.807, 2.05) is 19.1 Å². The van der Waals surface area contributed by atoms with E-state index in [4.69, 9.17) is 15.2 Å². The van der Waals surface area contributed by atoms with E-state index in [0.717, 1.165) is 11.3 Å². The van der Waals surface area contributed by atoms with E-state index < -0.39 is 0 Å². The fourth-order valence-electron chi connectivity index (χ4n) is 1.47. The van der Waals surface area contributed by atoms with Gasteiger partial charge in [0.05, 0.1) is 18.7 Å². The van der Waals surface area contributed by atoms with Gasteiger partial charge in [-0.1, -0.05) is 0 Å². The second-order valence-electron chi connectivity index (χ2n) is 3.48. The SMILES string of the molecule is CCOc1ccc2[nH]c(COCCN)nc2n1. The molecule has 2 heterocycles. The third-order valence-electron chi connectivity index (χ3n) is 2.16. The maximum atomic E-state index is 5.34. The van der Waals surface area contributed by atoms with Gasteiger partial charge in [0.1, 0.15) is 12.4 Å². The number of ether oxygens (including phenoxy) is 2. The zero-order chi connectivity index (χ0) is 12.1. The molecule has 0 atom stereocenters. The number of nitrogens with one attached hydrogen (secondary N) is 1. The lowest BCUT2D eigenvalue weighted by atomic mass is 10.4. The van der Waals surface area contributed by atoms with E-state index in [2.05, 4.69) is 15.0 Å². The van der Waals surface area contributed by atoms with Crippen LogP contribution in [0.5, 0.6) is 5.88 Å². The van der Waals surface area contributed by atoms with E-state index >= 15 is 0 Å². The van der Waals surface area contributed by atoms with Crippen LogP contribution < -0.4 is 10.5 Å². The highest BCUT2D eigenvalue weighted by molar-refractivity contribution is 5.71. The molecule has 0 aliphatic heterocycles. The number of nitrogens with zero attached hydrogens (tertiary/aromatic N) is 2. The number of hydrogen-bond donors (Lipinski definition) is 2. The summed E-state index contributed by atoms with van der Waals surface area (Å²) in [4.78, 5) is 11.7. The number of pyridine rings is 1. The molecule has 17 heavy (non-hydrogen) atoms. The van der Waals surface area contributed by atoms with Gasteiger partial charge >= 0.3 is 0 Å². The Kier molecular flexibility index (Phi) is 3.89. The van der Waals surface area contributed by atoms with Crippen LogP contribution in [0.1, 0.15) is 12.7 Å². The summed E-state index contributed by atoms with van der Waals surface area (Å²) in [6, 6.07) is 3.71. The number of rotatable bonds is 6. The summed E-state index contributed by atoms with van der Waals surface area (Å²) in [7, 11) is 0. The van der Waals surface area contributed by atoms with Crippen molar-refractivity contribution >= 4 is 11.2 Å². The zero-order valence-corrected chi connectivity index (χ0v) is 9.77. The van der Waals surface area contributed by atoms with E-state index in [-0.39, 0.29) is 0 Å². The maximum absolute atomic E-state index is 5.34. The Morgan fingerprint density at radius 3 is 3.00 bits per heavy atom. The predicted molar refractivity (Wildman–Crippen MR) is 63.8 cm³/mol. The van der Waals surface area contributed by atoms with Crippen LogP contribution in [0.15, 0.2) is 12.1 Å². The Balaban J connectivity index is 2.12. The quantitative estimate of drug-likeness (QED) is 0.725. The number of fused-ring (bicyclic) bond motifs is 1. The van der Waals surface area contributed by atoms with Crippen LogP contribution in [0.4, 0.5) is 0 Å². The van der Waals surface area contributed by atoms with Crippen molar-refractivity contribution in [2.45, 2.75) is 13.5 Å². The lowest BCUT2D eigenvalue weighted by Crippen LogP contribution is -2.08. The highest BCUT2D eigenvalue weighted by Crippen LogP contribution is 2.14. The molecule has 0 saturated carbocycles. The molecular formula is C11H16N4O2. The molecule has 92 valence electrons. The van der Waals surface area contributed by atoms with Gasteiger partial charge in [-0.15, -0.1) is 0 Å². The summed E-state index contributed by atoms with van der Waals surface area (Å²) in [5.41, 5.74) is 6.85. The molecule has 6 nitrogen and oxygen atoms in total. The molecule has 3 N–H and O–H groups in total.